The van der Waals surface area contributed by atoms with Crippen molar-refractivity contribution in [2.24, 2.45) is 11.8 Å². The van der Waals surface area contributed by atoms with Gasteiger partial charge >= 0.3 is 0 Å². The summed E-state index contributed by atoms with van der Waals surface area (Å²) in [7, 11) is 0. The predicted molar refractivity (Wildman–Crippen MR) is 53.8 cm³/mol. The minimum absolute atomic E-state index is 0.481. The van der Waals surface area contributed by atoms with Crippen molar-refractivity contribution in [3.05, 3.63) is 0 Å². The van der Waals surface area contributed by atoms with Crippen LogP contribution in [0.2, 0.25) is 0 Å². The van der Waals surface area contributed by atoms with Crippen LogP contribution < -0.4 is 0 Å². The van der Waals surface area contributed by atoms with E-state index in [2.05, 4.69) is 20.8 Å². The van der Waals surface area contributed by atoms with Crippen LogP contribution in [-0.4, -0.2) is 25.4 Å². The van der Waals surface area contributed by atoms with Gasteiger partial charge in [-0.2, -0.15) is 0 Å². The van der Waals surface area contributed by atoms with E-state index >= 15 is 0 Å². The first kappa shape index (κ1) is 11.0. The Bertz CT molecular complexity index is 145. The lowest BCUT2D eigenvalue weighted by Gasteiger charge is -2.18. The Morgan fingerprint density at radius 3 is 2.38 bits per heavy atom. The van der Waals surface area contributed by atoms with Crippen LogP contribution in [0.4, 0.5) is 0 Å². The quantitative estimate of drug-likeness (QED) is 0.469. The van der Waals surface area contributed by atoms with Gasteiger partial charge in [0.25, 0.3) is 0 Å². The van der Waals surface area contributed by atoms with Crippen molar-refractivity contribution in [3.8, 4) is 0 Å². The molecule has 0 spiro atoms. The molecule has 2 nitrogen and oxygen atoms in total. The van der Waals surface area contributed by atoms with E-state index in [9.17, 15) is 0 Å². The van der Waals surface area contributed by atoms with Crippen molar-refractivity contribution >= 4 is 0 Å². The third kappa shape index (κ3) is 3.28. The van der Waals surface area contributed by atoms with Gasteiger partial charge in [0.2, 0.25) is 0 Å². The maximum Gasteiger partial charge on any atom is 0.0870 e. The van der Waals surface area contributed by atoms with Gasteiger partial charge in [-0.3, -0.25) is 0 Å². The van der Waals surface area contributed by atoms with Crippen molar-refractivity contribution in [3.63, 3.8) is 0 Å². The molecular weight excluding hydrogens is 164 g/mol. The van der Waals surface area contributed by atoms with Crippen LogP contribution in [0.15, 0.2) is 0 Å². The van der Waals surface area contributed by atoms with Crippen molar-refractivity contribution in [2.45, 2.75) is 46.3 Å². The van der Waals surface area contributed by atoms with Gasteiger partial charge in [-0.25, -0.2) is 0 Å². The second kappa shape index (κ2) is 4.97. The Kier molecular flexibility index (Phi) is 4.20. The summed E-state index contributed by atoms with van der Waals surface area (Å²) in [5.74, 6) is 1.39. The molecule has 78 valence electrons. The normalized spacial score (nSPS) is 29.3. The highest BCUT2D eigenvalue weighted by molar-refractivity contribution is 4.88. The molecule has 0 aromatic heterocycles. The van der Waals surface area contributed by atoms with Crippen molar-refractivity contribution in [2.75, 3.05) is 13.2 Å². The minimum Gasteiger partial charge on any atom is -0.382 e. The van der Waals surface area contributed by atoms with Gasteiger partial charge in [-0.15, -0.1) is 0 Å². The van der Waals surface area contributed by atoms with Gasteiger partial charge in [0.1, 0.15) is 0 Å². The fourth-order valence-electron chi connectivity index (χ4n) is 1.89. The van der Waals surface area contributed by atoms with E-state index in [1.165, 1.54) is 0 Å². The summed E-state index contributed by atoms with van der Waals surface area (Å²) in [5, 5.41) is 0. The van der Waals surface area contributed by atoms with Crippen LogP contribution in [-0.2, 0) is 9.47 Å². The molecule has 13 heavy (non-hydrogen) atoms. The molecule has 3 atom stereocenters. The topological polar surface area (TPSA) is 21.8 Å². The Morgan fingerprint density at radius 1 is 1.38 bits per heavy atom. The van der Waals surface area contributed by atoms with E-state index in [4.69, 9.17) is 9.47 Å². The molecule has 0 aliphatic carbocycles. The molecule has 1 saturated heterocycles. The van der Waals surface area contributed by atoms with Gasteiger partial charge < -0.3 is 9.47 Å². The van der Waals surface area contributed by atoms with Crippen LogP contribution in [0, 0.1) is 11.8 Å². The molecule has 1 aliphatic rings. The highest BCUT2D eigenvalue weighted by Crippen LogP contribution is 2.35. The second-order valence-electron chi connectivity index (χ2n) is 4.20. The van der Waals surface area contributed by atoms with Crippen LogP contribution in [0.3, 0.4) is 0 Å². The summed E-state index contributed by atoms with van der Waals surface area (Å²) in [6, 6.07) is 0. The highest BCUT2D eigenvalue weighted by atomic mass is 16.6. The van der Waals surface area contributed by atoms with Gasteiger partial charge in [0, 0.05) is 13.2 Å². The van der Waals surface area contributed by atoms with Crippen molar-refractivity contribution < 1.29 is 9.47 Å². The summed E-state index contributed by atoms with van der Waals surface area (Å²) >= 11 is 0. The van der Waals surface area contributed by atoms with E-state index in [1.807, 2.05) is 6.92 Å². The third-order valence-electron chi connectivity index (χ3n) is 2.84. The Hall–Kier alpha value is -0.0800. The highest BCUT2D eigenvalue weighted by Gasteiger charge is 2.41. The average Bonchev–Trinajstić information content (AvgIpc) is 2.76. The molecule has 3 unspecified atom stereocenters. The smallest absolute Gasteiger partial charge is 0.0870 e. The number of hydrogen-bond acceptors (Lipinski definition) is 2. The van der Waals surface area contributed by atoms with Gasteiger partial charge in [-0.1, -0.05) is 13.8 Å². The average molecular weight is 186 g/mol. The molecule has 0 bridgehead atoms. The standard InChI is InChI=1S/C11H22O2/c1-5-12-7-6-10(8(2)3)11-9(4)13-11/h8-11H,5-7H2,1-4H3. The Balaban J connectivity index is 2.23. The summed E-state index contributed by atoms with van der Waals surface area (Å²) in [5.41, 5.74) is 0. The molecule has 0 amide bonds. The lowest BCUT2D eigenvalue weighted by molar-refractivity contribution is 0.115. The molecule has 0 aromatic rings. The van der Waals surface area contributed by atoms with Crippen LogP contribution in [0.1, 0.15) is 34.1 Å². The molecule has 0 saturated carbocycles. The molecule has 1 aliphatic heterocycles. The summed E-state index contributed by atoms with van der Waals surface area (Å²) < 4.78 is 10.9. The fourth-order valence-corrected chi connectivity index (χ4v) is 1.89. The zero-order valence-electron chi connectivity index (χ0n) is 9.25. The number of ether oxygens (including phenoxy) is 2. The largest absolute Gasteiger partial charge is 0.382 e. The van der Waals surface area contributed by atoms with E-state index in [0.717, 1.165) is 19.6 Å². The molecule has 1 rings (SSSR count). The van der Waals surface area contributed by atoms with E-state index in [-0.39, 0.29) is 0 Å². The molecule has 0 N–H and O–H groups in total. The Morgan fingerprint density at radius 2 is 2.00 bits per heavy atom. The van der Waals surface area contributed by atoms with Gasteiger partial charge in [-0.05, 0) is 32.1 Å². The SMILES string of the molecule is CCOCCC(C(C)C)C1OC1C. The first-order chi connectivity index (χ1) is 6.16. The van der Waals surface area contributed by atoms with Crippen molar-refractivity contribution in [1.82, 2.24) is 0 Å². The van der Waals surface area contributed by atoms with E-state index < -0.39 is 0 Å². The second-order valence-corrected chi connectivity index (χ2v) is 4.20. The molecule has 2 heteroatoms. The maximum absolute atomic E-state index is 5.52. The van der Waals surface area contributed by atoms with Crippen LogP contribution in [0.5, 0.6) is 0 Å². The summed E-state index contributed by atoms with van der Waals surface area (Å²) in [4.78, 5) is 0. The van der Waals surface area contributed by atoms with Gasteiger partial charge in [0.05, 0.1) is 12.2 Å². The zero-order chi connectivity index (χ0) is 9.84. The number of rotatable bonds is 6. The summed E-state index contributed by atoms with van der Waals surface area (Å²) in [6.45, 7) is 10.4. The maximum atomic E-state index is 5.52. The monoisotopic (exact) mass is 186 g/mol. The third-order valence-corrected chi connectivity index (χ3v) is 2.84. The van der Waals surface area contributed by atoms with E-state index in [0.29, 0.717) is 24.0 Å². The predicted octanol–water partition coefficient (Wildman–Crippen LogP) is 2.47. The lowest BCUT2D eigenvalue weighted by Crippen LogP contribution is -2.19. The van der Waals surface area contributed by atoms with E-state index in [1.54, 1.807) is 0 Å². The first-order valence-electron chi connectivity index (χ1n) is 5.40. The lowest BCUT2D eigenvalue weighted by atomic mass is 9.88. The first-order valence-corrected chi connectivity index (χ1v) is 5.40. The van der Waals surface area contributed by atoms with Crippen molar-refractivity contribution in [1.29, 1.82) is 0 Å². The summed E-state index contributed by atoms with van der Waals surface area (Å²) in [6.07, 6.45) is 2.12. The fraction of sp³-hybridized carbons (Fsp3) is 1.00. The Labute approximate surface area is 81.6 Å². The van der Waals surface area contributed by atoms with Crippen LogP contribution >= 0.6 is 0 Å². The number of hydrogen-bond donors (Lipinski definition) is 0. The zero-order valence-corrected chi connectivity index (χ0v) is 9.25. The van der Waals surface area contributed by atoms with Gasteiger partial charge in [0.15, 0.2) is 0 Å². The number of epoxide rings is 1. The molecule has 0 aromatic carbocycles. The molecule has 0 radical (unpaired) electrons. The minimum atomic E-state index is 0.481. The molecule has 1 fully saturated rings. The van der Waals surface area contributed by atoms with Crippen LogP contribution in [0.25, 0.3) is 0 Å². The molecular formula is C11H22O2. The molecule has 1 heterocycles.